The van der Waals surface area contributed by atoms with Crippen molar-refractivity contribution in [3.05, 3.63) is 36.0 Å². The van der Waals surface area contributed by atoms with Gasteiger partial charge in [0.05, 0.1) is 24.8 Å². The van der Waals surface area contributed by atoms with Crippen LogP contribution in [0, 0.1) is 0 Å². The van der Waals surface area contributed by atoms with Gasteiger partial charge in [-0.3, -0.25) is 19.2 Å². The number of ether oxygens (including phenoxy) is 3. The molecule has 2 unspecified atom stereocenters. The lowest BCUT2D eigenvalue weighted by atomic mass is 10.1. The van der Waals surface area contributed by atoms with E-state index in [2.05, 4.69) is 10.3 Å². The third-order valence-corrected chi connectivity index (χ3v) is 7.69. The van der Waals surface area contributed by atoms with Gasteiger partial charge in [-0.25, -0.2) is 9.78 Å². The molecule has 2 aliphatic heterocycles. The fourth-order valence-electron chi connectivity index (χ4n) is 5.43. The molecule has 0 radical (unpaired) electrons. The van der Waals surface area contributed by atoms with Crippen LogP contribution in [0.15, 0.2) is 30.3 Å². The Kier molecular flexibility index (Phi) is 11.3. The summed E-state index contributed by atoms with van der Waals surface area (Å²) < 4.78 is 16.2. The number of carboxylic acids is 1. The number of hydrogen-bond acceptors (Lipinski definition) is 9. The largest absolute Gasteiger partial charge is 0.483 e. The molecule has 2 fully saturated rings. The zero-order chi connectivity index (χ0) is 31.6. The number of amides is 4. The molecule has 0 bridgehead atoms. The van der Waals surface area contributed by atoms with Gasteiger partial charge in [0.1, 0.15) is 17.5 Å². The third kappa shape index (κ3) is 8.13. The monoisotopic (exact) mass is 613 g/mol. The van der Waals surface area contributed by atoms with Crippen LogP contribution in [0.2, 0.25) is 0 Å². The second-order valence-electron chi connectivity index (χ2n) is 10.6. The van der Waals surface area contributed by atoms with Crippen LogP contribution >= 0.6 is 0 Å². The number of carbonyl (C=O) groups is 5. The van der Waals surface area contributed by atoms with Crippen molar-refractivity contribution in [2.45, 2.75) is 44.7 Å². The van der Waals surface area contributed by atoms with E-state index >= 15 is 0 Å². The molecular formula is C30H39N5O9. The fraction of sp³-hybridized carbons (Fsp3) is 0.533. The van der Waals surface area contributed by atoms with Gasteiger partial charge in [0.25, 0.3) is 11.8 Å². The van der Waals surface area contributed by atoms with E-state index in [0.29, 0.717) is 24.1 Å². The first-order valence-corrected chi connectivity index (χ1v) is 14.8. The number of likely N-dealkylation sites (tertiary alicyclic amines) is 1. The molecular weight excluding hydrogens is 574 g/mol. The van der Waals surface area contributed by atoms with Crippen LogP contribution in [-0.2, 0) is 23.9 Å². The number of nitrogens with one attached hydrogen (secondary N) is 1. The van der Waals surface area contributed by atoms with Crippen LogP contribution in [-0.4, -0.2) is 126 Å². The Morgan fingerprint density at radius 1 is 1.07 bits per heavy atom. The normalized spacial score (nSPS) is 17.3. The van der Waals surface area contributed by atoms with Gasteiger partial charge >= 0.3 is 12.1 Å². The Bertz CT molecular complexity index is 1360. The summed E-state index contributed by atoms with van der Waals surface area (Å²) in [6.45, 7) is 3.67. The molecule has 2 aliphatic rings. The Hall–Kier alpha value is -4.46. The number of pyridine rings is 1. The molecule has 2 atom stereocenters. The highest BCUT2D eigenvalue weighted by Crippen LogP contribution is 2.26. The fourth-order valence-corrected chi connectivity index (χ4v) is 5.43. The molecule has 2 N–H and O–H groups in total. The minimum absolute atomic E-state index is 0.0139. The van der Waals surface area contributed by atoms with Crippen LogP contribution in [0.25, 0.3) is 10.9 Å². The summed E-state index contributed by atoms with van der Waals surface area (Å²) in [4.78, 5) is 72.4. The molecule has 14 heteroatoms. The predicted octanol–water partition coefficient (Wildman–Crippen LogP) is 1.51. The van der Waals surface area contributed by atoms with E-state index < -0.39 is 29.9 Å². The number of piperazine rings is 1. The van der Waals surface area contributed by atoms with Gasteiger partial charge < -0.3 is 39.3 Å². The topological polar surface area (TPSA) is 168 Å². The van der Waals surface area contributed by atoms with Gasteiger partial charge in [0.15, 0.2) is 6.61 Å². The standard InChI is InChI=1S/C30H39N5O9/c1-3-43-30(41)34-15-13-33(14-16-34)29(40)23(10-11-27(37)38)32-28(39)24-17-25(21-8-4-5-9-22(21)31-24)44-19-26(36)35-12-6-7-20(35)18-42-2/h4-5,8-9,17,20,23H,3,6-7,10-16,18-19H2,1-2H3,(H,32,39)(H,37,38). The van der Waals surface area contributed by atoms with E-state index in [-0.39, 0.29) is 75.6 Å². The van der Waals surface area contributed by atoms with E-state index in [1.807, 2.05) is 0 Å². The van der Waals surface area contributed by atoms with Crippen molar-refractivity contribution in [2.24, 2.45) is 0 Å². The third-order valence-electron chi connectivity index (χ3n) is 7.69. The van der Waals surface area contributed by atoms with Crippen molar-refractivity contribution in [1.29, 1.82) is 0 Å². The van der Waals surface area contributed by atoms with E-state index in [4.69, 9.17) is 14.2 Å². The lowest BCUT2D eigenvalue weighted by Gasteiger charge is -2.35. The molecule has 0 spiro atoms. The average Bonchev–Trinajstić information content (AvgIpc) is 3.49. The van der Waals surface area contributed by atoms with Gasteiger partial charge in [-0.1, -0.05) is 12.1 Å². The summed E-state index contributed by atoms with van der Waals surface area (Å²) in [5.74, 6) is -2.18. The summed E-state index contributed by atoms with van der Waals surface area (Å²) >= 11 is 0. The maximum Gasteiger partial charge on any atom is 0.409 e. The SMILES string of the molecule is CCOC(=O)N1CCN(C(=O)C(CCC(=O)O)NC(=O)c2cc(OCC(=O)N3CCCC3COC)c3ccccc3n2)CC1. The Morgan fingerprint density at radius 2 is 1.80 bits per heavy atom. The molecule has 44 heavy (non-hydrogen) atoms. The van der Waals surface area contributed by atoms with Crippen molar-refractivity contribution in [3.8, 4) is 5.75 Å². The van der Waals surface area contributed by atoms with Gasteiger partial charge in [-0.2, -0.15) is 0 Å². The number of fused-ring (bicyclic) bond motifs is 1. The van der Waals surface area contributed by atoms with Crippen LogP contribution in [0.4, 0.5) is 4.79 Å². The van der Waals surface area contributed by atoms with Crippen molar-refractivity contribution in [1.82, 2.24) is 25.0 Å². The maximum absolute atomic E-state index is 13.5. The Labute approximate surface area is 255 Å². The Morgan fingerprint density at radius 3 is 2.50 bits per heavy atom. The van der Waals surface area contributed by atoms with Crippen LogP contribution < -0.4 is 10.1 Å². The average molecular weight is 614 g/mol. The van der Waals surface area contributed by atoms with Crippen molar-refractivity contribution in [3.63, 3.8) is 0 Å². The quantitative estimate of drug-likeness (QED) is 0.358. The number of hydrogen-bond donors (Lipinski definition) is 2. The number of nitrogens with zero attached hydrogens (tertiary/aromatic N) is 4. The Balaban J connectivity index is 1.48. The summed E-state index contributed by atoms with van der Waals surface area (Å²) in [5.41, 5.74) is 0.398. The minimum atomic E-state index is -1.14. The molecule has 14 nitrogen and oxygen atoms in total. The predicted molar refractivity (Wildman–Crippen MR) is 157 cm³/mol. The number of benzene rings is 1. The molecule has 2 saturated heterocycles. The molecule has 1 aromatic carbocycles. The second kappa shape index (κ2) is 15.3. The van der Waals surface area contributed by atoms with Gasteiger partial charge in [-0.15, -0.1) is 0 Å². The lowest BCUT2D eigenvalue weighted by molar-refractivity contribution is -0.138. The first-order valence-electron chi connectivity index (χ1n) is 14.8. The van der Waals surface area contributed by atoms with E-state index in [9.17, 15) is 29.1 Å². The van der Waals surface area contributed by atoms with E-state index in [1.165, 1.54) is 15.9 Å². The summed E-state index contributed by atoms with van der Waals surface area (Å²) in [6, 6.07) is 7.27. The maximum atomic E-state index is 13.5. The molecule has 3 heterocycles. The number of aliphatic carboxylic acids is 1. The molecule has 4 rings (SSSR count). The van der Waals surface area contributed by atoms with E-state index in [0.717, 1.165) is 12.8 Å². The highest BCUT2D eigenvalue weighted by Gasteiger charge is 2.32. The zero-order valence-corrected chi connectivity index (χ0v) is 25.0. The first-order chi connectivity index (χ1) is 21.2. The lowest BCUT2D eigenvalue weighted by Crippen LogP contribution is -2.56. The molecule has 238 valence electrons. The molecule has 0 aliphatic carbocycles. The van der Waals surface area contributed by atoms with Crippen molar-refractivity contribution >= 4 is 40.7 Å². The first kappa shape index (κ1) is 32.5. The van der Waals surface area contributed by atoms with Crippen LogP contribution in [0.3, 0.4) is 0 Å². The summed E-state index contributed by atoms with van der Waals surface area (Å²) in [7, 11) is 1.60. The molecule has 1 aromatic heterocycles. The number of carbonyl (C=O) groups excluding carboxylic acids is 4. The van der Waals surface area contributed by atoms with E-state index in [1.54, 1.807) is 43.2 Å². The van der Waals surface area contributed by atoms with Crippen molar-refractivity contribution in [2.75, 3.05) is 59.7 Å². The molecule has 4 amide bonds. The van der Waals surface area contributed by atoms with Crippen molar-refractivity contribution < 1.29 is 43.3 Å². The number of para-hydroxylation sites is 1. The highest BCUT2D eigenvalue weighted by molar-refractivity contribution is 5.99. The minimum Gasteiger partial charge on any atom is -0.483 e. The van der Waals surface area contributed by atoms with Crippen LogP contribution in [0.1, 0.15) is 43.1 Å². The van der Waals surface area contributed by atoms with Gasteiger partial charge in [-0.05, 0) is 38.3 Å². The van der Waals surface area contributed by atoms with Gasteiger partial charge in [0, 0.05) is 57.7 Å². The molecule has 2 aromatic rings. The smallest absolute Gasteiger partial charge is 0.409 e. The van der Waals surface area contributed by atoms with Gasteiger partial charge in [0.2, 0.25) is 5.91 Å². The second-order valence-corrected chi connectivity index (χ2v) is 10.6. The number of aromatic nitrogens is 1. The zero-order valence-electron chi connectivity index (χ0n) is 25.0. The summed E-state index contributed by atoms with van der Waals surface area (Å²) in [6.07, 6.45) is 0.784. The molecule has 0 saturated carbocycles. The number of methoxy groups -OCH3 is 1. The summed E-state index contributed by atoms with van der Waals surface area (Å²) in [5, 5.41) is 12.5. The number of rotatable bonds is 12. The number of carboxylic acid groups (broad SMARTS) is 1. The van der Waals surface area contributed by atoms with Crippen LogP contribution in [0.5, 0.6) is 5.75 Å². The highest BCUT2D eigenvalue weighted by atomic mass is 16.6.